The van der Waals surface area contributed by atoms with Crippen LogP contribution in [-0.2, 0) is 11.3 Å². The van der Waals surface area contributed by atoms with Gasteiger partial charge in [-0.2, -0.15) is 4.98 Å². The number of hydrogen-bond donors (Lipinski definition) is 2. The summed E-state index contributed by atoms with van der Waals surface area (Å²) in [5, 5.41) is 7.38. The summed E-state index contributed by atoms with van der Waals surface area (Å²) >= 11 is 5.85. The predicted molar refractivity (Wildman–Crippen MR) is 95.9 cm³/mol. The Balaban J connectivity index is 0.00000288. The molecule has 0 atom stereocenters. The Morgan fingerprint density at radius 3 is 2.46 bits per heavy atom. The lowest BCUT2D eigenvalue weighted by atomic mass is 9.81. The maximum absolute atomic E-state index is 12.4. The first-order valence-electron chi connectivity index (χ1n) is 7.61. The number of carbonyl (C=O) groups is 1. The second-order valence-electron chi connectivity index (χ2n) is 5.39. The van der Waals surface area contributed by atoms with Gasteiger partial charge < -0.3 is 15.6 Å². The van der Waals surface area contributed by atoms with Crippen LogP contribution in [0.3, 0.4) is 0 Å². The second-order valence-corrected chi connectivity index (χ2v) is 5.83. The Morgan fingerprint density at radius 2 is 1.92 bits per heavy atom. The number of carbonyl (C=O) groups excluding carboxylic acids is 1. The molecule has 132 valence electrons. The Morgan fingerprint density at radius 1 is 1.29 bits per heavy atom. The van der Waals surface area contributed by atoms with E-state index in [1.807, 2.05) is 26.0 Å². The molecule has 0 aliphatic heterocycles. The fourth-order valence-electron chi connectivity index (χ4n) is 2.34. The van der Waals surface area contributed by atoms with Crippen LogP contribution in [0.1, 0.15) is 32.6 Å². The van der Waals surface area contributed by atoms with Gasteiger partial charge in [0.2, 0.25) is 17.6 Å². The van der Waals surface area contributed by atoms with Crippen LogP contribution in [0.15, 0.2) is 28.8 Å². The zero-order chi connectivity index (χ0) is 16.9. The molecule has 0 radical (unpaired) electrons. The Labute approximate surface area is 152 Å². The minimum Gasteiger partial charge on any atom is -0.346 e. The lowest BCUT2D eigenvalue weighted by Crippen LogP contribution is -2.45. The van der Waals surface area contributed by atoms with Gasteiger partial charge in [-0.1, -0.05) is 30.6 Å². The number of hydrogen-bond acceptors (Lipinski definition) is 5. The minimum atomic E-state index is -0.543. The number of benzene rings is 1. The topological polar surface area (TPSA) is 94.0 Å². The highest BCUT2D eigenvalue weighted by atomic mass is 35.5. The molecule has 0 bridgehead atoms. The largest absolute Gasteiger partial charge is 0.346 e. The molecule has 8 heteroatoms. The second kappa shape index (κ2) is 9.01. The maximum atomic E-state index is 12.4. The van der Waals surface area contributed by atoms with Crippen molar-refractivity contribution < 1.29 is 9.32 Å². The third-order valence-electron chi connectivity index (χ3n) is 4.20. The summed E-state index contributed by atoms with van der Waals surface area (Å²) in [7, 11) is 0. The summed E-state index contributed by atoms with van der Waals surface area (Å²) in [4.78, 5) is 16.6. The molecule has 1 amide bonds. The Hall–Kier alpha value is -1.63. The summed E-state index contributed by atoms with van der Waals surface area (Å²) in [5.41, 5.74) is 6.03. The summed E-state index contributed by atoms with van der Waals surface area (Å²) < 4.78 is 5.17. The molecule has 0 fully saturated rings. The number of amides is 1. The van der Waals surface area contributed by atoms with Gasteiger partial charge in [0, 0.05) is 17.1 Å². The fourth-order valence-corrected chi connectivity index (χ4v) is 2.46. The van der Waals surface area contributed by atoms with E-state index in [1.165, 1.54) is 0 Å². The van der Waals surface area contributed by atoms with E-state index in [1.54, 1.807) is 12.1 Å². The normalized spacial score (nSPS) is 11.0. The number of aromatic nitrogens is 2. The monoisotopic (exact) mass is 372 g/mol. The van der Waals surface area contributed by atoms with Crippen LogP contribution in [0.4, 0.5) is 0 Å². The van der Waals surface area contributed by atoms with Crippen LogP contribution in [0, 0.1) is 5.41 Å². The standard InChI is InChI=1S/C16H21ClN4O2.ClH/c1-3-16(4-2,10-18)15(22)19-9-13-20-14(21-23-13)11-5-7-12(17)8-6-11;/h5-8H,3-4,9-10,18H2,1-2H3,(H,19,22);1H. The highest BCUT2D eigenvalue weighted by molar-refractivity contribution is 6.30. The average molecular weight is 373 g/mol. The molecular weight excluding hydrogens is 351 g/mol. The van der Waals surface area contributed by atoms with Gasteiger partial charge in [0.1, 0.15) is 0 Å². The molecule has 24 heavy (non-hydrogen) atoms. The first-order valence-corrected chi connectivity index (χ1v) is 7.99. The third kappa shape index (κ3) is 4.47. The van der Waals surface area contributed by atoms with E-state index in [-0.39, 0.29) is 24.9 Å². The molecule has 3 N–H and O–H groups in total. The van der Waals surface area contributed by atoms with Gasteiger partial charge in [-0.05, 0) is 37.1 Å². The molecule has 1 aromatic heterocycles. The molecule has 0 aliphatic carbocycles. The fraction of sp³-hybridized carbons (Fsp3) is 0.438. The molecule has 1 aromatic carbocycles. The van der Waals surface area contributed by atoms with Crippen LogP contribution >= 0.6 is 24.0 Å². The number of rotatable bonds is 7. The van der Waals surface area contributed by atoms with Crippen LogP contribution in [0.25, 0.3) is 11.4 Å². The summed E-state index contributed by atoms with van der Waals surface area (Å²) in [6.07, 6.45) is 1.37. The minimum absolute atomic E-state index is 0. The summed E-state index contributed by atoms with van der Waals surface area (Å²) in [6, 6.07) is 7.13. The number of nitrogens with zero attached hydrogens (tertiary/aromatic N) is 2. The van der Waals surface area contributed by atoms with Gasteiger partial charge >= 0.3 is 0 Å². The molecular formula is C16H22Cl2N4O2. The third-order valence-corrected chi connectivity index (χ3v) is 4.45. The Bertz CT molecular complexity index is 646. The lowest BCUT2D eigenvalue weighted by Gasteiger charge is -2.28. The van der Waals surface area contributed by atoms with E-state index < -0.39 is 5.41 Å². The van der Waals surface area contributed by atoms with Gasteiger partial charge in [0.15, 0.2) is 0 Å². The van der Waals surface area contributed by atoms with Crippen molar-refractivity contribution in [3.05, 3.63) is 35.2 Å². The summed E-state index contributed by atoms with van der Waals surface area (Å²) in [5.74, 6) is 0.722. The Kier molecular flexibility index (Phi) is 7.66. The van der Waals surface area contributed by atoms with Crippen LogP contribution in [-0.4, -0.2) is 22.6 Å². The molecule has 2 aromatic rings. The van der Waals surface area contributed by atoms with Crippen molar-refractivity contribution in [1.29, 1.82) is 0 Å². The van der Waals surface area contributed by atoms with Crippen molar-refractivity contribution in [2.45, 2.75) is 33.2 Å². The van der Waals surface area contributed by atoms with E-state index in [4.69, 9.17) is 21.9 Å². The highest BCUT2D eigenvalue weighted by Gasteiger charge is 2.33. The molecule has 0 saturated carbocycles. The molecule has 1 heterocycles. The average Bonchev–Trinajstić information content (AvgIpc) is 3.04. The SMILES string of the molecule is CCC(CC)(CN)C(=O)NCc1nc(-c2ccc(Cl)cc2)no1.Cl. The van der Waals surface area contributed by atoms with Crippen molar-refractivity contribution in [1.82, 2.24) is 15.5 Å². The van der Waals surface area contributed by atoms with E-state index in [9.17, 15) is 4.79 Å². The van der Waals surface area contributed by atoms with Gasteiger partial charge in [-0.15, -0.1) is 12.4 Å². The van der Waals surface area contributed by atoms with Crippen molar-refractivity contribution >= 4 is 29.9 Å². The molecule has 0 spiro atoms. The first-order chi connectivity index (χ1) is 11.0. The van der Waals surface area contributed by atoms with Crippen LogP contribution < -0.4 is 11.1 Å². The van der Waals surface area contributed by atoms with Gasteiger partial charge in [0.05, 0.1) is 12.0 Å². The molecule has 0 aliphatic rings. The van der Waals surface area contributed by atoms with Crippen molar-refractivity contribution in [2.24, 2.45) is 11.1 Å². The molecule has 6 nitrogen and oxygen atoms in total. The smallest absolute Gasteiger partial charge is 0.246 e. The highest BCUT2D eigenvalue weighted by Crippen LogP contribution is 2.25. The van der Waals surface area contributed by atoms with Gasteiger partial charge in [0.25, 0.3) is 0 Å². The summed E-state index contributed by atoms with van der Waals surface area (Å²) in [6.45, 7) is 4.41. The van der Waals surface area contributed by atoms with Crippen LogP contribution in [0.2, 0.25) is 5.02 Å². The molecule has 2 rings (SSSR count). The zero-order valence-electron chi connectivity index (χ0n) is 13.7. The van der Waals surface area contributed by atoms with Crippen molar-refractivity contribution in [3.63, 3.8) is 0 Å². The molecule has 0 saturated heterocycles. The maximum Gasteiger partial charge on any atom is 0.246 e. The quantitative estimate of drug-likeness (QED) is 0.777. The van der Waals surface area contributed by atoms with Crippen molar-refractivity contribution in [3.8, 4) is 11.4 Å². The predicted octanol–water partition coefficient (Wildman–Crippen LogP) is 3.19. The van der Waals surface area contributed by atoms with E-state index in [0.29, 0.717) is 36.1 Å². The lowest BCUT2D eigenvalue weighted by molar-refractivity contribution is -0.131. The number of nitrogens with two attached hydrogens (primary N) is 1. The van der Waals surface area contributed by atoms with Crippen LogP contribution in [0.5, 0.6) is 0 Å². The first kappa shape index (κ1) is 20.4. The van der Waals surface area contributed by atoms with E-state index in [0.717, 1.165) is 5.56 Å². The van der Waals surface area contributed by atoms with Gasteiger partial charge in [-0.25, -0.2) is 0 Å². The zero-order valence-corrected chi connectivity index (χ0v) is 15.3. The van der Waals surface area contributed by atoms with E-state index in [2.05, 4.69) is 15.5 Å². The van der Waals surface area contributed by atoms with Crippen molar-refractivity contribution in [2.75, 3.05) is 6.54 Å². The number of nitrogens with one attached hydrogen (secondary N) is 1. The van der Waals surface area contributed by atoms with E-state index >= 15 is 0 Å². The number of halogens is 2. The molecule has 0 unspecified atom stereocenters. The van der Waals surface area contributed by atoms with Gasteiger partial charge in [-0.3, -0.25) is 4.79 Å².